The number of unbranched alkanes of at least 4 members (excludes halogenated alkanes) is 15. The van der Waals surface area contributed by atoms with Gasteiger partial charge in [0.1, 0.15) is 0 Å². The van der Waals surface area contributed by atoms with Gasteiger partial charge in [0, 0.05) is 12.3 Å². The summed E-state index contributed by atoms with van der Waals surface area (Å²) in [5.41, 5.74) is 0. The molecule has 0 spiro atoms. The van der Waals surface area contributed by atoms with Crippen LogP contribution >= 0.6 is 0 Å². The highest BCUT2D eigenvalue weighted by molar-refractivity contribution is 5.02. The molecule has 0 saturated carbocycles. The molecule has 0 nitrogen and oxygen atoms in total. The van der Waals surface area contributed by atoms with E-state index in [1.54, 1.807) is 0 Å². The standard InChI is InChI=1S/C24H46/c1-4-6-8-10-12-14-15-17-19-21-23-24(3)22-20-18-16-13-11-9-7-5-2/h24H,4-20,22H2,1-3H3. The van der Waals surface area contributed by atoms with Crippen LogP contribution in [0.15, 0.2) is 0 Å². The van der Waals surface area contributed by atoms with Gasteiger partial charge in [-0.2, -0.15) is 0 Å². The van der Waals surface area contributed by atoms with Crippen LogP contribution < -0.4 is 0 Å². The van der Waals surface area contributed by atoms with E-state index in [-0.39, 0.29) is 0 Å². The third-order valence-electron chi connectivity index (χ3n) is 4.99. The first-order valence-corrected chi connectivity index (χ1v) is 11.3. The van der Waals surface area contributed by atoms with Gasteiger partial charge >= 0.3 is 0 Å². The zero-order valence-corrected chi connectivity index (χ0v) is 17.3. The molecule has 0 amide bonds. The lowest BCUT2D eigenvalue weighted by atomic mass is 10.0. The maximum absolute atomic E-state index is 3.47. The van der Waals surface area contributed by atoms with E-state index in [0.29, 0.717) is 5.92 Å². The summed E-state index contributed by atoms with van der Waals surface area (Å²) in [5, 5.41) is 0. The van der Waals surface area contributed by atoms with Crippen LogP contribution in [0.3, 0.4) is 0 Å². The molecule has 0 aromatic carbocycles. The maximum atomic E-state index is 3.47. The van der Waals surface area contributed by atoms with Crippen molar-refractivity contribution in [2.75, 3.05) is 0 Å². The van der Waals surface area contributed by atoms with Crippen LogP contribution in [0.5, 0.6) is 0 Å². The lowest BCUT2D eigenvalue weighted by Crippen LogP contribution is -1.91. The van der Waals surface area contributed by atoms with E-state index in [2.05, 4.69) is 32.6 Å². The Bertz CT molecular complexity index is 280. The molecule has 0 aliphatic heterocycles. The van der Waals surface area contributed by atoms with E-state index in [4.69, 9.17) is 0 Å². The van der Waals surface area contributed by atoms with Crippen molar-refractivity contribution in [3.05, 3.63) is 0 Å². The van der Waals surface area contributed by atoms with Gasteiger partial charge in [-0.15, -0.1) is 11.8 Å². The molecule has 0 radical (unpaired) electrons. The van der Waals surface area contributed by atoms with Gasteiger partial charge in [0.15, 0.2) is 0 Å². The predicted molar refractivity (Wildman–Crippen MR) is 111 cm³/mol. The fourth-order valence-corrected chi connectivity index (χ4v) is 3.25. The Morgan fingerprint density at radius 2 is 0.958 bits per heavy atom. The van der Waals surface area contributed by atoms with E-state index in [0.717, 1.165) is 6.42 Å². The predicted octanol–water partition coefficient (Wildman–Crippen LogP) is 8.69. The average molecular weight is 335 g/mol. The first-order chi connectivity index (χ1) is 11.8. The molecule has 1 unspecified atom stereocenters. The molecule has 0 heterocycles. The Hall–Kier alpha value is -0.440. The van der Waals surface area contributed by atoms with Crippen molar-refractivity contribution in [3.8, 4) is 11.8 Å². The highest BCUT2D eigenvalue weighted by atomic mass is 14.0. The Morgan fingerprint density at radius 3 is 1.46 bits per heavy atom. The van der Waals surface area contributed by atoms with E-state index >= 15 is 0 Å². The second-order valence-electron chi connectivity index (χ2n) is 7.71. The average Bonchev–Trinajstić information content (AvgIpc) is 2.59. The topological polar surface area (TPSA) is 0 Å². The lowest BCUT2D eigenvalue weighted by Gasteiger charge is -2.04. The van der Waals surface area contributed by atoms with Gasteiger partial charge < -0.3 is 0 Å². The van der Waals surface area contributed by atoms with E-state index < -0.39 is 0 Å². The fourth-order valence-electron chi connectivity index (χ4n) is 3.25. The molecule has 0 fully saturated rings. The van der Waals surface area contributed by atoms with Crippen LogP contribution in [0, 0.1) is 17.8 Å². The minimum atomic E-state index is 0.610. The minimum Gasteiger partial charge on any atom is -0.103 e. The van der Waals surface area contributed by atoms with E-state index in [1.165, 1.54) is 109 Å². The van der Waals surface area contributed by atoms with Crippen molar-refractivity contribution in [2.45, 2.75) is 136 Å². The zero-order chi connectivity index (χ0) is 17.7. The van der Waals surface area contributed by atoms with Crippen molar-refractivity contribution in [1.29, 1.82) is 0 Å². The second kappa shape index (κ2) is 20.6. The molecule has 0 bridgehead atoms. The van der Waals surface area contributed by atoms with E-state index in [9.17, 15) is 0 Å². The monoisotopic (exact) mass is 334 g/mol. The van der Waals surface area contributed by atoms with Gasteiger partial charge in [-0.3, -0.25) is 0 Å². The Morgan fingerprint density at radius 1 is 0.542 bits per heavy atom. The quantitative estimate of drug-likeness (QED) is 0.184. The van der Waals surface area contributed by atoms with Crippen molar-refractivity contribution in [2.24, 2.45) is 5.92 Å². The molecule has 24 heavy (non-hydrogen) atoms. The summed E-state index contributed by atoms with van der Waals surface area (Å²) in [6.45, 7) is 6.88. The van der Waals surface area contributed by atoms with Crippen molar-refractivity contribution >= 4 is 0 Å². The molecule has 0 aromatic heterocycles. The Kier molecular flexibility index (Phi) is 20.2. The van der Waals surface area contributed by atoms with Crippen LogP contribution in [0.4, 0.5) is 0 Å². The van der Waals surface area contributed by atoms with Crippen LogP contribution in [0.25, 0.3) is 0 Å². The summed E-state index contributed by atoms with van der Waals surface area (Å²) in [6.07, 6.45) is 24.9. The number of rotatable bonds is 17. The fraction of sp³-hybridized carbons (Fsp3) is 0.917. The highest BCUT2D eigenvalue weighted by Crippen LogP contribution is 2.13. The Balaban J connectivity index is 3.27. The molecular formula is C24H46. The second-order valence-corrected chi connectivity index (χ2v) is 7.71. The third-order valence-corrected chi connectivity index (χ3v) is 4.99. The molecule has 0 N–H and O–H groups in total. The smallest absolute Gasteiger partial charge is 0.0174 e. The zero-order valence-electron chi connectivity index (χ0n) is 17.3. The van der Waals surface area contributed by atoms with Crippen molar-refractivity contribution in [1.82, 2.24) is 0 Å². The molecule has 0 aromatic rings. The molecular weight excluding hydrogens is 288 g/mol. The van der Waals surface area contributed by atoms with E-state index in [1.807, 2.05) is 0 Å². The lowest BCUT2D eigenvalue weighted by molar-refractivity contribution is 0.538. The van der Waals surface area contributed by atoms with Crippen LogP contribution in [0.2, 0.25) is 0 Å². The SMILES string of the molecule is CCCCCCCCCCC#CC(C)CCCCCCCCCC. The summed E-state index contributed by atoms with van der Waals surface area (Å²) in [5.74, 6) is 7.50. The summed E-state index contributed by atoms with van der Waals surface area (Å²) < 4.78 is 0. The van der Waals surface area contributed by atoms with Gasteiger partial charge in [0.05, 0.1) is 0 Å². The van der Waals surface area contributed by atoms with Gasteiger partial charge in [-0.05, 0) is 12.8 Å². The highest BCUT2D eigenvalue weighted by Gasteiger charge is 1.97. The molecule has 1 atom stereocenters. The van der Waals surface area contributed by atoms with Gasteiger partial charge in [-0.25, -0.2) is 0 Å². The number of hydrogen-bond acceptors (Lipinski definition) is 0. The van der Waals surface area contributed by atoms with Gasteiger partial charge in [0.2, 0.25) is 0 Å². The first-order valence-electron chi connectivity index (χ1n) is 11.3. The summed E-state index contributed by atoms with van der Waals surface area (Å²) in [6, 6.07) is 0. The molecule has 0 aliphatic carbocycles. The third kappa shape index (κ3) is 19.6. The van der Waals surface area contributed by atoms with Gasteiger partial charge in [-0.1, -0.05) is 117 Å². The van der Waals surface area contributed by atoms with Gasteiger partial charge in [0.25, 0.3) is 0 Å². The largest absolute Gasteiger partial charge is 0.103 e. The molecule has 142 valence electrons. The van der Waals surface area contributed by atoms with Crippen LogP contribution in [0.1, 0.15) is 136 Å². The van der Waals surface area contributed by atoms with Crippen molar-refractivity contribution < 1.29 is 0 Å². The van der Waals surface area contributed by atoms with Crippen molar-refractivity contribution in [3.63, 3.8) is 0 Å². The molecule has 0 heteroatoms. The molecule has 0 rings (SSSR count). The number of hydrogen-bond donors (Lipinski definition) is 0. The minimum absolute atomic E-state index is 0.610. The molecule has 0 saturated heterocycles. The summed E-state index contributed by atoms with van der Waals surface area (Å²) >= 11 is 0. The normalized spacial score (nSPS) is 12.0. The first kappa shape index (κ1) is 23.6. The molecule has 0 aliphatic rings. The van der Waals surface area contributed by atoms with Crippen LogP contribution in [-0.2, 0) is 0 Å². The maximum Gasteiger partial charge on any atom is 0.0174 e. The summed E-state index contributed by atoms with van der Waals surface area (Å²) in [7, 11) is 0. The van der Waals surface area contributed by atoms with Crippen LogP contribution in [-0.4, -0.2) is 0 Å². The summed E-state index contributed by atoms with van der Waals surface area (Å²) in [4.78, 5) is 0. The Labute approximate surface area is 154 Å².